The van der Waals surface area contributed by atoms with E-state index in [2.05, 4.69) is 9.97 Å². The number of benzene rings is 2. The molecular formula is C17H11N3O2. The molecule has 2 heterocycles. The van der Waals surface area contributed by atoms with Crippen molar-refractivity contribution in [2.24, 2.45) is 0 Å². The van der Waals surface area contributed by atoms with Crippen LogP contribution in [0.1, 0.15) is 0 Å². The van der Waals surface area contributed by atoms with Gasteiger partial charge in [-0.2, -0.15) is 0 Å². The van der Waals surface area contributed by atoms with Crippen molar-refractivity contribution in [3.63, 3.8) is 0 Å². The molecule has 0 spiro atoms. The quantitative estimate of drug-likeness (QED) is 0.738. The monoisotopic (exact) mass is 289 g/mol. The fraction of sp³-hybridized carbons (Fsp3) is 0. The lowest BCUT2D eigenvalue weighted by Gasteiger charge is -2.13. The topological polar surface area (TPSA) is 66.1 Å². The largest absolute Gasteiger partial charge is 0.338 e. The fourth-order valence-corrected chi connectivity index (χ4v) is 2.51. The van der Waals surface area contributed by atoms with Crippen molar-refractivity contribution in [3.05, 3.63) is 60.7 Å². The van der Waals surface area contributed by atoms with E-state index in [0.717, 1.165) is 27.3 Å². The van der Waals surface area contributed by atoms with Crippen LogP contribution in [0.4, 0.5) is 5.69 Å². The number of rotatable bonds is 2. The maximum absolute atomic E-state index is 11.7. The number of aromatic nitrogens is 2. The molecule has 2 amide bonds. The highest BCUT2D eigenvalue weighted by Gasteiger charge is 2.24. The molecule has 0 saturated heterocycles. The lowest BCUT2D eigenvalue weighted by molar-refractivity contribution is -0.119. The van der Waals surface area contributed by atoms with E-state index < -0.39 is 0 Å². The Bertz CT molecular complexity index is 871. The number of carbonyl (C=O) groups excluding carboxylic acids is 2. The normalized spacial score (nSPS) is 14.3. The number of carbonyl (C=O) groups is 2. The number of para-hydroxylation sites is 2. The first-order chi connectivity index (χ1) is 10.7. The van der Waals surface area contributed by atoms with Gasteiger partial charge in [0.05, 0.1) is 16.7 Å². The van der Waals surface area contributed by atoms with E-state index in [1.54, 1.807) is 12.1 Å². The standard InChI is InChI=1S/C17H11N3O2/c21-15-9-10-16(22)20(15)12-7-5-11(6-8-12)17-18-13-3-1-2-4-14(13)19-17/h1-10H,(H,18,19). The van der Waals surface area contributed by atoms with Crippen molar-refractivity contribution in [3.8, 4) is 11.4 Å². The third-order valence-electron chi connectivity index (χ3n) is 3.60. The van der Waals surface area contributed by atoms with E-state index in [1.165, 1.54) is 12.2 Å². The average molecular weight is 289 g/mol. The van der Waals surface area contributed by atoms with Crippen molar-refractivity contribution in [2.75, 3.05) is 4.90 Å². The summed E-state index contributed by atoms with van der Waals surface area (Å²) >= 11 is 0. The minimum absolute atomic E-state index is 0.318. The molecule has 0 fully saturated rings. The molecule has 0 atom stereocenters. The summed E-state index contributed by atoms with van der Waals surface area (Å²) in [6.45, 7) is 0. The first-order valence-electron chi connectivity index (χ1n) is 6.84. The highest BCUT2D eigenvalue weighted by Crippen LogP contribution is 2.25. The predicted octanol–water partition coefficient (Wildman–Crippen LogP) is 2.66. The van der Waals surface area contributed by atoms with Gasteiger partial charge in [0, 0.05) is 17.7 Å². The van der Waals surface area contributed by atoms with Crippen LogP contribution in [0.25, 0.3) is 22.4 Å². The number of nitrogens with zero attached hydrogens (tertiary/aromatic N) is 2. The van der Waals surface area contributed by atoms with Crippen LogP contribution < -0.4 is 4.90 Å². The van der Waals surface area contributed by atoms with Gasteiger partial charge in [-0.15, -0.1) is 0 Å². The zero-order valence-electron chi connectivity index (χ0n) is 11.5. The number of fused-ring (bicyclic) bond motifs is 1. The van der Waals surface area contributed by atoms with Crippen molar-refractivity contribution in [2.45, 2.75) is 0 Å². The van der Waals surface area contributed by atoms with Crippen LogP contribution >= 0.6 is 0 Å². The molecule has 1 aliphatic rings. The number of imide groups is 1. The van der Waals surface area contributed by atoms with Gasteiger partial charge in [0.2, 0.25) is 0 Å². The number of anilines is 1. The van der Waals surface area contributed by atoms with Crippen LogP contribution in [0.2, 0.25) is 0 Å². The summed E-state index contributed by atoms with van der Waals surface area (Å²) in [4.78, 5) is 32.2. The minimum Gasteiger partial charge on any atom is -0.338 e. The zero-order valence-corrected chi connectivity index (χ0v) is 11.5. The van der Waals surface area contributed by atoms with Crippen molar-refractivity contribution in [1.82, 2.24) is 9.97 Å². The zero-order chi connectivity index (χ0) is 15.1. The molecule has 0 unspecified atom stereocenters. The highest BCUT2D eigenvalue weighted by molar-refractivity contribution is 6.28. The first kappa shape index (κ1) is 12.5. The predicted molar refractivity (Wildman–Crippen MR) is 83.2 cm³/mol. The molecule has 0 saturated carbocycles. The van der Waals surface area contributed by atoms with E-state index in [1.807, 2.05) is 36.4 Å². The molecule has 5 nitrogen and oxygen atoms in total. The maximum Gasteiger partial charge on any atom is 0.258 e. The Morgan fingerprint density at radius 2 is 1.55 bits per heavy atom. The molecule has 106 valence electrons. The van der Waals surface area contributed by atoms with Crippen molar-refractivity contribution >= 4 is 28.5 Å². The number of hydrogen-bond donors (Lipinski definition) is 1. The van der Waals surface area contributed by atoms with E-state index in [-0.39, 0.29) is 11.8 Å². The Kier molecular flexibility index (Phi) is 2.66. The summed E-state index contributed by atoms with van der Waals surface area (Å²) in [7, 11) is 0. The molecule has 4 rings (SSSR count). The van der Waals surface area contributed by atoms with Crippen molar-refractivity contribution in [1.29, 1.82) is 0 Å². The van der Waals surface area contributed by atoms with Crippen LogP contribution in [0.15, 0.2) is 60.7 Å². The molecule has 1 aliphatic heterocycles. The molecule has 0 radical (unpaired) electrons. The number of imidazole rings is 1. The Morgan fingerprint density at radius 1 is 0.864 bits per heavy atom. The van der Waals surface area contributed by atoms with Gasteiger partial charge >= 0.3 is 0 Å². The second-order valence-electron chi connectivity index (χ2n) is 4.99. The Labute approximate surface area is 125 Å². The van der Waals surface area contributed by atoms with Gasteiger partial charge in [0.1, 0.15) is 5.82 Å². The average Bonchev–Trinajstić information content (AvgIpc) is 3.11. The maximum atomic E-state index is 11.7. The molecule has 22 heavy (non-hydrogen) atoms. The number of H-pyrrole nitrogens is 1. The second-order valence-corrected chi connectivity index (χ2v) is 4.99. The van der Waals surface area contributed by atoms with E-state index in [9.17, 15) is 9.59 Å². The lowest BCUT2D eigenvalue weighted by atomic mass is 10.2. The number of hydrogen-bond acceptors (Lipinski definition) is 3. The third kappa shape index (κ3) is 1.91. The Balaban J connectivity index is 1.70. The van der Waals surface area contributed by atoms with Gasteiger partial charge < -0.3 is 4.98 Å². The number of nitrogens with one attached hydrogen (secondary N) is 1. The summed E-state index contributed by atoms with van der Waals surface area (Å²) in [5, 5.41) is 0. The van der Waals surface area contributed by atoms with Gasteiger partial charge in [-0.25, -0.2) is 9.88 Å². The van der Waals surface area contributed by atoms with Gasteiger partial charge in [-0.05, 0) is 36.4 Å². The van der Waals surface area contributed by atoms with E-state index in [0.29, 0.717) is 5.69 Å². The van der Waals surface area contributed by atoms with Crippen molar-refractivity contribution < 1.29 is 9.59 Å². The van der Waals surface area contributed by atoms with E-state index >= 15 is 0 Å². The minimum atomic E-state index is -0.318. The van der Waals surface area contributed by atoms with Gasteiger partial charge in [-0.1, -0.05) is 12.1 Å². The molecular weight excluding hydrogens is 278 g/mol. The molecule has 0 aliphatic carbocycles. The molecule has 5 heteroatoms. The smallest absolute Gasteiger partial charge is 0.258 e. The molecule has 2 aromatic carbocycles. The van der Waals surface area contributed by atoms with Crippen LogP contribution in [0, 0.1) is 0 Å². The SMILES string of the molecule is O=C1C=CC(=O)N1c1ccc(-c2nc3ccccc3[nH]2)cc1. The fourth-order valence-electron chi connectivity index (χ4n) is 2.51. The summed E-state index contributed by atoms with van der Waals surface area (Å²) in [5.41, 5.74) is 3.32. The van der Waals surface area contributed by atoms with Gasteiger partial charge in [0.25, 0.3) is 11.8 Å². The van der Waals surface area contributed by atoms with Crippen LogP contribution in [-0.4, -0.2) is 21.8 Å². The summed E-state index contributed by atoms with van der Waals surface area (Å²) in [5.74, 6) is 0.118. The molecule has 3 aromatic rings. The summed E-state index contributed by atoms with van der Waals surface area (Å²) in [6, 6.07) is 15.0. The summed E-state index contributed by atoms with van der Waals surface area (Å²) < 4.78 is 0. The van der Waals surface area contributed by atoms with Crippen LogP contribution in [-0.2, 0) is 9.59 Å². The van der Waals surface area contributed by atoms with Crippen LogP contribution in [0.5, 0.6) is 0 Å². The number of amides is 2. The lowest BCUT2D eigenvalue weighted by Crippen LogP contribution is -2.29. The Hall–Kier alpha value is -3.21. The second kappa shape index (κ2) is 4.66. The molecule has 0 bridgehead atoms. The first-order valence-corrected chi connectivity index (χ1v) is 6.84. The third-order valence-corrected chi connectivity index (χ3v) is 3.60. The molecule has 1 N–H and O–H groups in total. The van der Waals surface area contributed by atoms with Gasteiger partial charge in [0.15, 0.2) is 0 Å². The van der Waals surface area contributed by atoms with Crippen LogP contribution in [0.3, 0.4) is 0 Å². The Morgan fingerprint density at radius 3 is 2.23 bits per heavy atom. The highest BCUT2D eigenvalue weighted by atomic mass is 16.2. The van der Waals surface area contributed by atoms with Gasteiger partial charge in [-0.3, -0.25) is 9.59 Å². The molecule has 1 aromatic heterocycles. The number of aromatic amines is 1. The summed E-state index contributed by atoms with van der Waals surface area (Å²) in [6.07, 6.45) is 2.55. The van der Waals surface area contributed by atoms with E-state index in [4.69, 9.17) is 0 Å².